The molecule has 0 aliphatic rings. The number of likely N-dealkylation sites (N-methyl/N-ethyl adjacent to an activating group) is 2. The maximum Gasteiger partial charge on any atom is 0.0234 e. The quantitative estimate of drug-likeness (QED) is 0.736. The zero-order valence-corrected chi connectivity index (χ0v) is 10.6. The van der Waals surface area contributed by atoms with Crippen molar-refractivity contribution < 1.29 is 0 Å². The van der Waals surface area contributed by atoms with Crippen LogP contribution in [0.5, 0.6) is 0 Å². The number of hydrogen-bond donors (Lipinski definition) is 1. The van der Waals surface area contributed by atoms with E-state index in [9.17, 15) is 0 Å². The Morgan fingerprint density at radius 2 is 2.19 bits per heavy atom. The highest BCUT2D eigenvalue weighted by molar-refractivity contribution is 5.22. The molecule has 2 heteroatoms. The SMILES string of the molecule is C=C(CNC)CN(C)Cc1cccc(C)c1. The minimum absolute atomic E-state index is 0.887. The molecule has 0 bridgehead atoms. The first-order chi connectivity index (χ1) is 7.61. The van der Waals surface area contributed by atoms with E-state index in [1.54, 1.807) is 0 Å². The van der Waals surface area contributed by atoms with Crippen molar-refractivity contribution in [2.45, 2.75) is 13.5 Å². The van der Waals surface area contributed by atoms with Crippen LogP contribution in [0.15, 0.2) is 36.4 Å². The maximum atomic E-state index is 4.04. The van der Waals surface area contributed by atoms with Crippen molar-refractivity contribution in [2.75, 3.05) is 27.2 Å². The average Bonchev–Trinajstić information content (AvgIpc) is 2.17. The molecule has 2 nitrogen and oxygen atoms in total. The van der Waals surface area contributed by atoms with E-state index in [-0.39, 0.29) is 0 Å². The number of hydrogen-bond acceptors (Lipinski definition) is 2. The van der Waals surface area contributed by atoms with E-state index >= 15 is 0 Å². The first-order valence-corrected chi connectivity index (χ1v) is 5.67. The second-order valence-electron chi connectivity index (χ2n) is 4.44. The molecule has 0 unspecified atom stereocenters. The van der Waals surface area contributed by atoms with E-state index in [4.69, 9.17) is 0 Å². The van der Waals surface area contributed by atoms with E-state index in [0.29, 0.717) is 0 Å². The molecule has 0 spiro atoms. The molecule has 88 valence electrons. The summed E-state index contributed by atoms with van der Waals surface area (Å²) >= 11 is 0. The minimum atomic E-state index is 0.887. The molecule has 1 aromatic carbocycles. The van der Waals surface area contributed by atoms with Crippen LogP contribution in [-0.4, -0.2) is 32.1 Å². The third-order valence-corrected chi connectivity index (χ3v) is 2.46. The summed E-state index contributed by atoms with van der Waals surface area (Å²) in [6.07, 6.45) is 0. The van der Waals surface area contributed by atoms with Crippen LogP contribution in [-0.2, 0) is 6.54 Å². The van der Waals surface area contributed by atoms with Crippen LogP contribution in [0.3, 0.4) is 0 Å². The molecular weight excluding hydrogens is 196 g/mol. The predicted molar refractivity (Wildman–Crippen MR) is 70.6 cm³/mol. The molecule has 0 aliphatic carbocycles. The third-order valence-electron chi connectivity index (χ3n) is 2.46. The number of aryl methyl sites for hydroxylation is 1. The molecule has 0 amide bonds. The molecule has 0 fully saturated rings. The van der Waals surface area contributed by atoms with Crippen LogP contribution in [0.4, 0.5) is 0 Å². The Hall–Kier alpha value is -1.12. The Balaban J connectivity index is 2.45. The molecule has 0 heterocycles. The van der Waals surface area contributed by atoms with Gasteiger partial charge in [0.1, 0.15) is 0 Å². The van der Waals surface area contributed by atoms with Gasteiger partial charge in [-0.2, -0.15) is 0 Å². The summed E-state index contributed by atoms with van der Waals surface area (Å²) in [6, 6.07) is 8.64. The van der Waals surface area contributed by atoms with Crippen LogP contribution in [0.2, 0.25) is 0 Å². The fourth-order valence-corrected chi connectivity index (χ4v) is 1.87. The molecule has 1 N–H and O–H groups in total. The topological polar surface area (TPSA) is 15.3 Å². The fourth-order valence-electron chi connectivity index (χ4n) is 1.87. The Kier molecular flexibility index (Phi) is 5.23. The fraction of sp³-hybridized carbons (Fsp3) is 0.429. The Labute approximate surface area is 99.0 Å². The summed E-state index contributed by atoms with van der Waals surface area (Å²) in [7, 11) is 4.08. The van der Waals surface area contributed by atoms with Crippen LogP contribution in [0.25, 0.3) is 0 Å². The molecule has 0 saturated heterocycles. The van der Waals surface area contributed by atoms with Crippen molar-refractivity contribution in [2.24, 2.45) is 0 Å². The summed E-state index contributed by atoms with van der Waals surface area (Å²) in [4.78, 5) is 2.29. The van der Waals surface area contributed by atoms with E-state index < -0.39 is 0 Å². The maximum absolute atomic E-state index is 4.04. The first-order valence-electron chi connectivity index (χ1n) is 5.67. The second kappa shape index (κ2) is 6.46. The number of nitrogens with one attached hydrogen (secondary N) is 1. The highest BCUT2D eigenvalue weighted by atomic mass is 15.1. The van der Waals surface area contributed by atoms with Gasteiger partial charge in [0.2, 0.25) is 0 Å². The van der Waals surface area contributed by atoms with E-state index in [1.807, 2.05) is 7.05 Å². The van der Waals surface area contributed by atoms with Gasteiger partial charge in [0.25, 0.3) is 0 Å². The van der Waals surface area contributed by atoms with Crippen molar-refractivity contribution in [3.8, 4) is 0 Å². The van der Waals surface area contributed by atoms with Gasteiger partial charge in [-0.25, -0.2) is 0 Å². The predicted octanol–water partition coefficient (Wildman–Crippen LogP) is 2.20. The van der Waals surface area contributed by atoms with Crippen molar-refractivity contribution in [3.63, 3.8) is 0 Å². The van der Waals surface area contributed by atoms with Gasteiger partial charge in [-0.05, 0) is 32.2 Å². The zero-order chi connectivity index (χ0) is 12.0. The monoisotopic (exact) mass is 218 g/mol. The normalized spacial score (nSPS) is 10.8. The van der Waals surface area contributed by atoms with Gasteiger partial charge >= 0.3 is 0 Å². The van der Waals surface area contributed by atoms with Crippen LogP contribution < -0.4 is 5.32 Å². The summed E-state index contributed by atoms with van der Waals surface area (Å²) in [5, 5.41) is 3.12. The summed E-state index contributed by atoms with van der Waals surface area (Å²) in [5.74, 6) is 0. The molecule has 1 aromatic rings. The lowest BCUT2D eigenvalue weighted by molar-refractivity contribution is 0.353. The van der Waals surface area contributed by atoms with Gasteiger partial charge in [0, 0.05) is 19.6 Å². The number of benzene rings is 1. The first kappa shape index (κ1) is 12.9. The third kappa shape index (κ3) is 4.60. The van der Waals surface area contributed by atoms with Crippen molar-refractivity contribution in [1.82, 2.24) is 10.2 Å². The van der Waals surface area contributed by atoms with Gasteiger partial charge in [-0.15, -0.1) is 0 Å². The largest absolute Gasteiger partial charge is 0.316 e. The highest BCUT2D eigenvalue weighted by Gasteiger charge is 2.02. The molecule has 0 radical (unpaired) electrons. The average molecular weight is 218 g/mol. The van der Waals surface area contributed by atoms with Crippen molar-refractivity contribution in [3.05, 3.63) is 47.5 Å². The molecule has 1 rings (SSSR count). The highest BCUT2D eigenvalue weighted by Crippen LogP contribution is 2.07. The van der Waals surface area contributed by atoms with Crippen molar-refractivity contribution in [1.29, 1.82) is 0 Å². The van der Waals surface area contributed by atoms with E-state index in [1.165, 1.54) is 16.7 Å². The summed E-state index contributed by atoms with van der Waals surface area (Å²) < 4.78 is 0. The molecular formula is C14H22N2. The zero-order valence-electron chi connectivity index (χ0n) is 10.6. The molecule has 0 atom stereocenters. The summed E-state index contributed by atoms with van der Waals surface area (Å²) in [5.41, 5.74) is 3.90. The second-order valence-corrected chi connectivity index (χ2v) is 4.44. The van der Waals surface area contributed by atoms with Crippen LogP contribution in [0, 0.1) is 6.92 Å². The Bertz CT molecular complexity index is 344. The lowest BCUT2D eigenvalue weighted by atomic mass is 10.1. The Morgan fingerprint density at radius 1 is 1.44 bits per heavy atom. The van der Waals surface area contributed by atoms with E-state index in [0.717, 1.165) is 19.6 Å². The molecule has 0 saturated carbocycles. The molecule has 0 aromatic heterocycles. The lowest BCUT2D eigenvalue weighted by Gasteiger charge is -2.18. The van der Waals surface area contributed by atoms with Crippen LogP contribution >= 0.6 is 0 Å². The number of rotatable bonds is 6. The smallest absolute Gasteiger partial charge is 0.0234 e. The van der Waals surface area contributed by atoms with Gasteiger partial charge in [-0.3, -0.25) is 4.90 Å². The Morgan fingerprint density at radius 3 is 2.81 bits per heavy atom. The van der Waals surface area contributed by atoms with Gasteiger partial charge in [0.05, 0.1) is 0 Å². The standard InChI is InChI=1S/C14H22N2/c1-12-6-5-7-14(8-12)11-16(4)10-13(2)9-15-3/h5-8,15H,2,9-11H2,1,3-4H3. The van der Waals surface area contributed by atoms with Crippen molar-refractivity contribution >= 4 is 0 Å². The van der Waals surface area contributed by atoms with Gasteiger partial charge in [-0.1, -0.05) is 36.4 Å². The van der Waals surface area contributed by atoms with Gasteiger partial charge in [0.15, 0.2) is 0 Å². The molecule has 16 heavy (non-hydrogen) atoms. The number of nitrogens with zero attached hydrogens (tertiary/aromatic N) is 1. The molecule has 0 aliphatic heterocycles. The van der Waals surface area contributed by atoms with Gasteiger partial charge < -0.3 is 5.32 Å². The van der Waals surface area contributed by atoms with E-state index in [2.05, 4.69) is 55.0 Å². The summed E-state index contributed by atoms with van der Waals surface area (Å²) in [6.45, 7) is 8.97. The van der Waals surface area contributed by atoms with Crippen LogP contribution in [0.1, 0.15) is 11.1 Å². The minimum Gasteiger partial charge on any atom is -0.316 e. The lowest BCUT2D eigenvalue weighted by Crippen LogP contribution is -2.24.